The van der Waals surface area contributed by atoms with Crippen molar-refractivity contribution in [2.45, 2.75) is 51.2 Å². The van der Waals surface area contributed by atoms with Crippen LogP contribution in [-0.4, -0.2) is 27.9 Å². The lowest BCUT2D eigenvalue weighted by Crippen LogP contribution is -2.53. The largest absolute Gasteiger partial charge is 0.326 e. The van der Waals surface area contributed by atoms with Gasteiger partial charge in [0.25, 0.3) is 0 Å². The Morgan fingerprint density at radius 2 is 2.16 bits per heavy atom. The molecule has 0 spiro atoms. The normalized spacial score (nSPS) is 25.5. The number of rotatable bonds is 2. The molecule has 2 heterocycles. The summed E-state index contributed by atoms with van der Waals surface area (Å²) in [5.74, 6) is 0. The number of likely N-dealkylation sites (tertiary alicyclic amines) is 1. The van der Waals surface area contributed by atoms with Gasteiger partial charge in [0.2, 0.25) is 0 Å². The lowest BCUT2D eigenvalue weighted by atomic mass is 9.90. The number of nitrogens with zero attached hydrogens (tertiary/aromatic N) is 2. The number of nitrogens with two attached hydrogens (primary N) is 1. The Bertz CT molecular complexity index is 467. The van der Waals surface area contributed by atoms with Gasteiger partial charge in [0, 0.05) is 22.5 Å². The highest BCUT2D eigenvalue weighted by atomic mass is 32.1. The van der Waals surface area contributed by atoms with Crippen molar-refractivity contribution in [3.8, 4) is 0 Å². The van der Waals surface area contributed by atoms with E-state index >= 15 is 0 Å². The highest BCUT2D eigenvalue weighted by Gasteiger charge is 2.37. The molecule has 2 rings (SSSR count). The molecule has 1 aromatic heterocycles. The Hall–Kier alpha value is -0.980. The van der Waals surface area contributed by atoms with Crippen molar-refractivity contribution in [1.29, 1.82) is 0 Å². The second-order valence-corrected chi connectivity index (χ2v) is 7.14. The van der Waals surface area contributed by atoms with E-state index in [1.807, 2.05) is 6.07 Å². The van der Waals surface area contributed by atoms with Gasteiger partial charge in [-0.05, 0) is 46.2 Å². The van der Waals surface area contributed by atoms with Crippen LogP contribution in [0.5, 0.6) is 0 Å². The summed E-state index contributed by atoms with van der Waals surface area (Å²) in [6.07, 6.45) is 2.06. The van der Waals surface area contributed by atoms with E-state index in [0.29, 0.717) is 0 Å². The molecule has 1 aliphatic rings. The minimum Gasteiger partial charge on any atom is -0.326 e. The molecule has 19 heavy (non-hydrogen) atoms. The van der Waals surface area contributed by atoms with E-state index in [1.54, 1.807) is 6.07 Å². The summed E-state index contributed by atoms with van der Waals surface area (Å²) in [7, 11) is 0. The molecule has 0 bridgehead atoms. The first-order valence-electron chi connectivity index (χ1n) is 6.57. The van der Waals surface area contributed by atoms with Crippen LogP contribution in [-0.2, 0) is 0 Å². The Morgan fingerprint density at radius 1 is 1.47 bits per heavy atom. The molecule has 0 amide bonds. The third kappa shape index (κ3) is 2.96. The second-order valence-electron chi connectivity index (χ2n) is 6.05. The van der Waals surface area contributed by atoms with Crippen LogP contribution in [0.4, 0.5) is 5.00 Å². The molecule has 1 aromatic rings. The average Bonchev–Trinajstić information content (AvgIpc) is 2.76. The highest BCUT2D eigenvalue weighted by Crippen LogP contribution is 2.40. The van der Waals surface area contributed by atoms with Crippen LogP contribution >= 0.6 is 11.3 Å². The van der Waals surface area contributed by atoms with Gasteiger partial charge in [-0.15, -0.1) is 0 Å². The Labute approximate surface area is 117 Å². The first-order chi connectivity index (χ1) is 8.80. The quantitative estimate of drug-likeness (QED) is 0.669. The maximum Gasteiger partial charge on any atom is 0.324 e. The summed E-state index contributed by atoms with van der Waals surface area (Å²) in [4.78, 5) is 13.9. The molecule has 0 saturated carbocycles. The molecule has 2 atom stereocenters. The number of nitro groups is 1. The predicted molar refractivity (Wildman–Crippen MR) is 77.4 cm³/mol. The molecule has 5 nitrogen and oxygen atoms in total. The predicted octanol–water partition coefficient (Wildman–Crippen LogP) is 2.92. The van der Waals surface area contributed by atoms with Crippen molar-refractivity contribution in [2.75, 3.05) is 6.54 Å². The van der Waals surface area contributed by atoms with Crippen LogP contribution in [0.25, 0.3) is 0 Å². The van der Waals surface area contributed by atoms with Crippen molar-refractivity contribution < 1.29 is 4.92 Å². The molecular formula is C13H21N3O2S. The molecule has 0 aliphatic carbocycles. The SMILES string of the molecule is CC(C)(C)N1CCCC(N)C1c1ccc([N+](=O)[O-])s1. The van der Waals surface area contributed by atoms with Crippen LogP contribution in [0.2, 0.25) is 0 Å². The van der Waals surface area contributed by atoms with Crippen molar-refractivity contribution in [2.24, 2.45) is 5.73 Å². The molecule has 0 aromatic carbocycles. The number of hydrogen-bond donors (Lipinski definition) is 1. The second kappa shape index (κ2) is 5.19. The lowest BCUT2D eigenvalue weighted by molar-refractivity contribution is -0.380. The zero-order valence-electron chi connectivity index (χ0n) is 11.6. The smallest absolute Gasteiger partial charge is 0.324 e. The zero-order chi connectivity index (χ0) is 14.2. The van der Waals surface area contributed by atoms with E-state index in [2.05, 4.69) is 25.7 Å². The van der Waals surface area contributed by atoms with E-state index in [9.17, 15) is 10.1 Å². The average molecular weight is 283 g/mol. The molecule has 1 fully saturated rings. The topological polar surface area (TPSA) is 72.4 Å². The fourth-order valence-electron chi connectivity index (χ4n) is 2.74. The Morgan fingerprint density at radius 3 is 2.68 bits per heavy atom. The van der Waals surface area contributed by atoms with E-state index in [4.69, 9.17) is 5.73 Å². The molecule has 1 saturated heterocycles. The van der Waals surface area contributed by atoms with Gasteiger partial charge in [-0.3, -0.25) is 15.0 Å². The molecule has 6 heteroatoms. The van der Waals surface area contributed by atoms with E-state index < -0.39 is 0 Å². The van der Waals surface area contributed by atoms with Crippen LogP contribution < -0.4 is 5.73 Å². The summed E-state index contributed by atoms with van der Waals surface area (Å²) in [5, 5.41) is 11.0. The number of piperidine rings is 1. The fraction of sp³-hybridized carbons (Fsp3) is 0.692. The molecule has 0 radical (unpaired) electrons. The Balaban J connectivity index is 2.33. The van der Waals surface area contributed by atoms with Gasteiger partial charge in [-0.2, -0.15) is 0 Å². The number of thiophene rings is 1. The van der Waals surface area contributed by atoms with Gasteiger partial charge in [-0.1, -0.05) is 11.3 Å². The van der Waals surface area contributed by atoms with Gasteiger partial charge in [-0.25, -0.2) is 0 Å². The zero-order valence-corrected chi connectivity index (χ0v) is 12.4. The lowest BCUT2D eigenvalue weighted by Gasteiger charge is -2.46. The van der Waals surface area contributed by atoms with E-state index in [0.717, 1.165) is 24.3 Å². The monoisotopic (exact) mass is 283 g/mol. The van der Waals surface area contributed by atoms with E-state index in [1.165, 1.54) is 11.3 Å². The Kier molecular flexibility index (Phi) is 3.94. The third-order valence-electron chi connectivity index (χ3n) is 3.62. The number of hydrogen-bond acceptors (Lipinski definition) is 5. The van der Waals surface area contributed by atoms with Crippen LogP contribution in [0.1, 0.15) is 44.5 Å². The standard InChI is InChI=1S/C13H21N3O2S/c1-13(2,3)15-8-4-5-9(14)12(15)10-6-7-11(19-10)16(17)18/h6-7,9,12H,4-5,8,14H2,1-3H3. The van der Waals surface area contributed by atoms with Crippen molar-refractivity contribution in [1.82, 2.24) is 4.90 Å². The van der Waals surface area contributed by atoms with E-state index in [-0.39, 0.29) is 27.5 Å². The van der Waals surface area contributed by atoms with Crippen molar-refractivity contribution in [3.05, 3.63) is 27.1 Å². The third-order valence-corrected chi connectivity index (χ3v) is 4.73. The molecule has 1 aliphatic heterocycles. The maximum absolute atomic E-state index is 10.8. The first kappa shape index (κ1) is 14.4. The van der Waals surface area contributed by atoms with Crippen molar-refractivity contribution in [3.63, 3.8) is 0 Å². The molecular weight excluding hydrogens is 262 g/mol. The molecule has 2 N–H and O–H groups in total. The minimum absolute atomic E-state index is 0.0154. The molecule has 106 valence electrons. The summed E-state index contributed by atoms with van der Waals surface area (Å²) < 4.78 is 0. The molecule has 2 unspecified atom stereocenters. The fourth-order valence-corrected chi connectivity index (χ4v) is 3.75. The van der Waals surface area contributed by atoms with Gasteiger partial charge < -0.3 is 5.73 Å². The van der Waals surface area contributed by atoms with Gasteiger partial charge in [0.15, 0.2) is 0 Å². The van der Waals surface area contributed by atoms with Gasteiger partial charge in [0.1, 0.15) is 0 Å². The first-order valence-corrected chi connectivity index (χ1v) is 7.39. The summed E-state index contributed by atoms with van der Waals surface area (Å²) in [6.45, 7) is 7.49. The maximum atomic E-state index is 10.8. The van der Waals surface area contributed by atoms with Crippen LogP contribution in [0.15, 0.2) is 12.1 Å². The highest BCUT2D eigenvalue weighted by molar-refractivity contribution is 7.15. The van der Waals surface area contributed by atoms with Gasteiger partial charge >= 0.3 is 5.00 Å². The van der Waals surface area contributed by atoms with Crippen molar-refractivity contribution >= 4 is 16.3 Å². The van der Waals surface area contributed by atoms with Gasteiger partial charge in [0.05, 0.1) is 11.0 Å². The minimum atomic E-state index is -0.329. The summed E-state index contributed by atoms with van der Waals surface area (Å²) in [6, 6.07) is 3.58. The van der Waals surface area contributed by atoms with Crippen LogP contribution in [0, 0.1) is 10.1 Å². The summed E-state index contributed by atoms with van der Waals surface area (Å²) in [5.41, 5.74) is 6.29. The summed E-state index contributed by atoms with van der Waals surface area (Å²) >= 11 is 1.25. The van der Waals surface area contributed by atoms with Crippen LogP contribution in [0.3, 0.4) is 0 Å².